The molecule has 23 heteroatoms. The summed E-state index contributed by atoms with van der Waals surface area (Å²) < 4.78 is 34.8. The summed E-state index contributed by atoms with van der Waals surface area (Å²) in [4.78, 5) is 103. The molecule has 0 bridgehead atoms. The van der Waals surface area contributed by atoms with Crippen LogP contribution in [-0.2, 0) is 39.7 Å². The number of ether oxygens (including phenoxy) is 1. The number of carboxylic acids is 2. The fourth-order valence-electron chi connectivity index (χ4n) is 9.53. The summed E-state index contributed by atoms with van der Waals surface area (Å²) in [5, 5.41) is 30.3. The number of hydrogen-bond acceptors (Lipinski definition) is 14. The quantitative estimate of drug-likeness (QED) is 0.0796. The van der Waals surface area contributed by atoms with E-state index >= 15 is 0 Å². The lowest BCUT2D eigenvalue weighted by molar-refractivity contribution is -0.139. The third-order valence-corrected chi connectivity index (χ3v) is 16.6. The third kappa shape index (κ3) is 11.0. The van der Waals surface area contributed by atoms with Crippen molar-refractivity contribution in [1.82, 2.24) is 19.4 Å². The number of benzene rings is 3. The molecule has 4 aromatic rings. The maximum atomic E-state index is 14.0. The summed E-state index contributed by atoms with van der Waals surface area (Å²) in [5.41, 5.74) is 2.04. The van der Waals surface area contributed by atoms with Crippen molar-refractivity contribution in [2.45, 2.75) is 75.7 Å². The molecule has 4 aliphatic rings. The van der Waals surface area contributed by atoms with Gasteiger partial charge in [0.05, 0.1) is 28.3 Å². The number of nitrogens with zero attached hydrogens (tertiary/aromatic N) is 3. The molecule has 5 heterocycles. The second-order valence-electron chi connectivity index (χ2n) is 18.4. The number of amides is 6. The molecule has 2 atom stereocenters. The first-order valence-corrected chi connectivity index (χ1v) is 25.5. The number of sulfonamides is 1. The van der Waals surface area contributed by atoms with Crippen LogP contribution < -0.4 is 26.0 Å². The van der Waals surface area contributed by atoms with Crippen molar-refractivity contribution in [2.75, 3.05) is 48.7 Å². The minimum Gasteiger partial charge on any atom is -0.479 e. The van der Waals surface area contributed by atoms with E-state index in [1.54, 1.807) is 53.4 Å². The number of anilines is 3. The number of nitrogens with one attached hydrogen (secondary N) is 4. The highest BCUT2D eigenvalue weighted by molar-refractivity contribution is 7.88. The molecule has 0 radical (unpaired) electrons. The average molecular weight is 1030 g/mol. The predicted octanol–water partition coefficient (Wildman–Crippen LogP) is 5.11. The van der Waals surface area contributed by atoms with Gasteiger partial charge in [-0.15, -0.1) is 11.3 Å². The van der Waals surface area contributed by atoms with Crippen LogP contribution in [0.2, 0.25) is 5.02 Å². The minimum atomic E-state index is -3.84. The largest absolute Gasteiger partial charge is 0.479 e. The molecule has 0 aliphatic carbocycles. The fraction of sp³-hybridized carbons (Fsp3) is 0.375. The summed E-state index contributed by atoms with van der Waals surface area (Å²) in [6.07, 6.45) is 1.76. The molecule has 4 aliphatic heterocycles. The number of piperidine rings is 3. The van der Waals surface area contributed by atoms with E-state index < -0.39 is 69.7 Å². The molecule has 6 N–H and O–H groups in total. The van der Waals surface area contributed by atoms with Crippen LogP contribution in [0.4, 0.5) is 17.1 Å². The van der Waals surface area contributed by atoms with E-state index in [1.165, 1.54) is 16.4 Å². The molecular formula is C48H50ClN7O13S2. The molecule has 3 aromatic carbocycles. The molecule has 0 spiro atoms. The van der Waals surface area contributed by atoms with Crippen LogP contribution in [0.3, 0.4) is 0 Å². The average Bonchev–Trinajstić information content (AvgIpc) is 3.78. The normalized spacial score (nSPS) is 19.5. The van der Waals surface area contributed by atoms with Gasteiger partial charge in [0.15, 0.2) is 17.2 Å². The summed E-state index contributed by atoms with van der Waals surface area (Å²) in [6, 6.07) is 17.1. The SMILES string of the molecule is CC1(C)C[C@@H](Nc2cccc(-c3sc(C(=O)O)c(OCC(=O)O)c3Cl)c2)CCN1S(=O)(=O)Cc1cccc(NC(=O)C2CCN(C(=O)CNc3ccc4c(c3)C(=O)N(C3CCC(=O)NC3=O)C4=O)CC2)c1. The highest BCUT2D eigenvalue weighted by atomic mass is 35.5. The van der Waals surface area contributed by atoms with Crippen LogP contribution in [0.5, 0.6) is 5.75 Å². The Morgan fingerprint density at radius 3 is 2.30 bits per heavy atom. The molecule has 1 aromatic heterocycles. The van der Waals surface area contributed by atoms with Gasteiger partial charge in [0.25, 0.3) is 11.8 Å². The van der Waals surface area contributed by atoms with Gasteiger partial charge in [0.2, 0.25) is 33.7 Å². The Kier molecular flexibility index (Phi) is 14.6. The Morgan fingerprint density at radius 1 is 0.873 bits per heavy atom. The smallest absolute Gasteiger partial charge is 0.349 e. The van der Waals surface area contributed by atoms with Crippen molar-refractivity contribution in [2.24, 2.45) is 5.92 Å². The maximum absolute atomic E-state index is 14.0. The standard InChI is InChI=1S/C48H50ClN7O13S2/c1-48(2)22-32(51-31-8-4-6-28(20-31)41-39(49)40(69-24-38(59)60)42(70-41)47(65)66)15-18-55(48)71(67,68)25-26-5-3-7-30(19-26)52-43(61)27-13-16-54(17-14-27)37(58)23-50-29-9-10-33-34(21-29)46(64)56(45(33)63)35-11-12-36(57)53-44(35)62/h3-10,19-21,27,32,35,50-51H,11-18,22-25H2,1-2H3,(H,52,61)(H,59,60)(H,65,66)(H,53,57,62)/t32-,35?/m0/s1. The Hall–Kier alpha value is -6.88. The number of hydrogen-bond donors (Lipinski definition) is 6. The first-order chi connectivity index (χ1) is 33.7. The lowest BCUT2D eigenvalue weighted by atomic mass is 9.89. The number of fused-ring (bicyclic) bond motifs is 1. The van der Waals surface area contributed by atoms with Gasteiger partial charge in [-0.25, -0.2) is 18.0 Å². The lowest BCUT2D eigenvalue weighted by Crippen LogP contribution is -2.55. The van der Waals surface area contributed by atoms with E-state index in [0.717, 1.165) is 16.2 Å². The zero-order valence-electron chi connectivity index (χ0n) is 38.5. The minimum absolute atomic E-state index is 0.00379. The van der Waals surface area contributed by atoms with Gasteiger partial charge in [-0.1, -0.05) is 35.9 Å². The molecule has 0 saturated carbocycles. The molecular weight excluding hydrogens is 982 g/mol. The summed E-state index contributed by atoms with van der Waals surface area (Å²) in [7, 11) is -3.84. The van der Waals surface area contributed by atoms with Crippen LogP contribution in [0.25, 0.3) is 10.4 Å². The molecule has 6 amide bonds. The van der Waals surface area contributed by atoms with Gasteiger partial charge in [-0.3, -0.25) is 39.0 Å². The third-order valence-electron chi connectivity index (χ3n) is 12.9. The zero-order valence-corrected chi connectivity index (χ0v) is 40.9. The molecule has 374 valence electrons. The summed E-state index contributed by atoms with van der Waals surface area (Å²) in [6.45, 7) is 3.71. The monoisotopic (exact) mass is 1030 g/mol. The van der Waals surface area contributed by atoms with Crippen LogP contribution in [-0.4, -0.2) is 131 Å². The number of likely N-dealkylation sites (tertiary alicyclic amines) is 1. The molecule has 20 nitrogen and oxygen atoms in total. The first kappa shape index (κ1) is 50.5. The van der Waals surface area contributed by atoms with E-state index in [9.17, 15) is 51.9 Å². The topological polar surface area (TPSA) is 278 Å². The summed E-state index contributed by atoms with van der Waals surface area (Å²) >= 11 is 7.38. The van der Waals surface area contributed by atoms with Crippen molar-refractivity contribution in [1.29, 1.82) is 0 Å². The number of halogens is 1. The number of imide groups is 2. The van der Waals surface area contributed by atoms with E-state index in [0.29, 0.717) is 71.8 Å². The van der Waals surface area contributed by atoms with E-state index in [2.05, 4.69) is 21.3 Å². The fourth-order valence-corrected chi connectivity index (χ4v) is 12.9. The van der Waals surface area contributed by atoms with Crippen molar-refractivity contribution in [3.8, 4) is 16.2 Å². The number of carbonyl (C=O) groups excluding carboxylic acids is 6. The zero-order chi connectivity index (χ0) is 50.9. The second kappa shape index (κ2) is 20.5. The van der Waals surface area contributed by atoms with Gasteiger partial charge in [0.1, 0.15) is 11.1 Å². The maximum Gasteiger partial charge on any atom is 0.349 e. The molecule has 71 heavy (non-hydrogen) atoms. The van der Waals surface area contributed by atoms with Crippen LogP contribution >= 0.6 is 22.9 Å². The van der Waals surface area contributed by atoms with Crippen LogP contribution in [0.1, 0.15) is 88.3 Å². The molecule has 8 rings (SSSR count). The number of rotatable bonds is 16. The van der Waals surface area contributed by atoms with Gasteiger partial charge in [-0.05, 0) is 99.5 Å². The Balaban J connectivity index is 0.806. The Morgan fingerprint density at radius 2 is 1.59 bits per heavy atom. The molecule has 3 fully saturated rings. The summed E-state index contributed by atoms with van der Waals surface area (Å²) in [5.74, 6) is -6.46. The number of carboxylic acid groups (broad SMARTS) is 2. The number of aliphatic carboxylic acids is 1. The van der Waals surface area contributed by atoms with Crippen LogP contribution in [0.15, 0.2) is 66.7 Å². The van der Waals surface area contributed by atoms with Gasteiger partial charge in [-0.2, -0.15) is 4.31 Å². The Bertz CT molecular complexity index is 2970. The number of aromatic carboxylic acids is 1. The first-order valence-electron chi connectivity index (χ1n) is 22.7. The highest BCUT2D eigenvalue weighted by Crippen LogP contribution is 2.46. The van der Waals surface area contributed by atoms with Crippen molar-refractivity contribution >= 4 is 97.4 Å². The van der Waals surface area contributed by atoms with E-state index in [4.69, 9.17) is 21.4 Å². The predicted molar refractivity (Wildman–Crippen MR) is 261 cm³/mol. The van der Waals surface area contributed by atoms with Crippen LogP contribution in [0, 0.1) is 5.92 Å². The Labute approximate surface area is 416 Å². The highest BCUT2D eigenvalue weighted by Gasteiger charge is 2.45. The van der Waals surface area contributed by atoms with Gasteiger partial charge in [0, 0.05) is 60.6 Å². The number of carbonyl (C=O) groups is 8. The van der Waals surface area contributed by atoms with Crippen molar-refractivity contribution < 1.29 is 61.7 Å². The number of thiophene rings is 1. The van der Waals surface area contributed by atoms with Gasteiger partial charge < -0.3 is 35.8 Å². The second-order valence-corrected chi connectivity index (χ2v) is 21.6. The van der Waals surface area contributed by atoms with E-state index in [1.807, 2.05) is 19.9 Å². The molecule has 3 saturated heterocycles. The van der Waals surface area contributed by atoms with Gasteiger partial charge >= 0.3 is 11.9 Å². The lowest BCUT2D eigenvalue weighted by Gasteiger charge is -2.45. The van der Waals surface area contributed by atoms with E-state index in [-0.39, 0.29) is 76.3 Å². The van der Waals surface area contributed by atoms with Crippen molar-refractivity contribution in [3.63, 3.8) is 0 Å². The van der Waals surface area contributed by atoms with Crippen molar-refractivity contribution in [3.05, 3.63) is 93.3 Å². The molecule has 1 unspecified atom stereocenters.